The number of hydrogen-bond acceptors (Lipinski definition) is 3. The van der Waals surface area contributed by atoms with Crippen molar-refractivity contribution in [2.45, 2.75) is 25.5 Å². The van der Waals surface area contributed by atoms with Gasteiger partial charge in [-0.3, -0.25) is 4.79 Å². The normalized spacial score (nSPS) is 13.8. The van der Waals surface area contributed by atoms with E-state index in [0.29, 0.717) is 16.3 Å². The predicted molar refractivity (Wildman–Crippen MR) is 102 cm³/mol. The summed E-state index contributed by atoms with van der Waals surface area (Å²) in [7, 11) is 0. The van der Waals surface area contributed by atoms with E-state index in [1.165, 1.54) is 18.2 Å². The highest BCUT2D eigenvalue weighted by atomic mass is 35.5. The Morgan fingerprint density at radius 1 is 1.33 bits per heavy atom. The van der Waals surface area contributed by atoms with E-state index >= 15 is 0 Å². The van der Waals surface area contributed by atoms with Gasteiger partial charge in [0.15, 0.2) is 0 Å². The molecule has 1 saturated carbocycles. The second kappa shape index (κ2) is 8.43. The lowest BCUT2D eigenvalue weighted by molar-refractivity contribution is -0.117. The molecule has 0 unspecified atom stereocenters. The van der Waals surface area contributed by atoms with Crippen molar-refractivity contribution in [2.24, 2.45) is 0 Å². The summed E-state index contributed by atoms with van der Waals surface area (Å²) >= 11 is 12.1. The summed E-state index contributed by atoms with van der Waals surface area (Å²) in [6, 6.07) is 11.2. The zero-order valence-electron chi connectivity index (χ0n) is 14.1. The lowest BCUT2D eigenvalue weighted by atomic mass is 10.1. The van der Waals surface area contributed by atoms with Crippen LogP contribution in [0.15, 0.2) is 42.0 Å². The number of carbonyl (C=O) groups excluding carboxylic acids is 1. The minimum absolute atomic E-state index is 0.0575. The maximum Gasteiger partial charge on any atom is 0.262 e. The highest BCUT2D eigenvalue weighted by Crippen LogP contribution is 2.28. The molecular weight excluding hydrogens is 390 g/mol. The number of nitrogens with one attached hydrogen (secondary N) is 1. The molecule has 1 aliphatic carbocycles. The average Bonchev–Trinajstić information content (AvgIpc) is 3.44. The smallest absolute Gasteiger partial charge is 0.262 e. The van der Waals surface area contributed by atoms with E-state index < -0.39 is 11.7 Å². The van der Waals surface area contributed by atoms with Crippen molar-refractivity contribution in [1.29, 1.82) is 5.26 Å². The highest BCUT2D eigenvalue weighted by molar-refractivity contribution is 6.31. The molecule has 3 rings (SSSR count). The molecule has 138 valence electrons. The number of rotatable bonds is 6. The van der Waals surface area contributed by atoms with Crippen LogP contribution in [0.4, 0.5) is 4.39 Å². The van der Waals surface area contributed by atoms with Crippen molar-refractivity contribution in [3.05, 3.63) is 69.0 Å². The molecule has 1 fully saturated rings. The third-order valence-corrected chi connectivity index (χ3v) is 4.57. The van der Waals surface area contributed by atoms with E-state index in [2.05, 4.69) is 5.32 Å². The van der Waals surface area contributed by atoms with E-state index in [1.54, 1.807) is 24.3 Å². The second-order valence-corrected chi connectivity index (χ2v) is 6.93. The van der Waals surface area contributed by atoms with Crippen molar-refractivity contribution in [1.82, 2.24) is 5.32 Å². The van der Waals surface area contributed by atoms with Gasteiger partial charge in [0.1, 0.15) is 29.8 Å². The molecule has 1 aliphatic rings. The molecule has 1 N–H and O–H groups in total. The third-order valence-electron chi connectivity index (χ3n) is 3.98. The number of nitriles is 1. The van der Waals surface area contributed by atoms with E-state index in [-0.39, 0.29) is 28.8 Å². The van der Waals surface area contributed by atoms with Gasteiger partial charge in [-0.1, -0.05) is 29.3 Å². The first-order chi connectivity index (χ1) is 13.0. The first-order valence-electron chi connectivity index (χ1n) is 8.26. The minimum atomic E-state index is -0.477. The van der Waals surface area contributed by atoms with Crippen molar-refractivity contribution < 1.29 is 13.9 Å². The molecule has 2 aromatic carbocycles. The zero-order valence-corrected chi connectivity index (χ0v) is 15.6. The molecule has 4 nitrogen and oxygen atoms in total. The lowest BCUT2D eigenvalue weighted by Gasteiger charge is -2.12. The lowest BCUT2D eigenvalue weighted by Crippen LogP contribution is -2.26. The van der Waals surface area contributed by atoms with E-state index in [1.807, 2.05) is 6.07 Å². The van der Waals surface area contributed by atoms with Crippen molar-refractivity contribution >= 4 is 35.2 Å². The van der Waals surface area contributed by atoms with E-state index in [4.69, 9.17) is 27.9 Å². The van der Waals surface area contributed by atoms with Gasteiger partial charge in [-0.2, -0.15) is 5.26 Å². The van der Waals surface area contributed by atoms with Crippen LogP contribution in [0.1, 0.15) is 24.0 Å². The number of ether oxygens (including phenoxy) is 1. The van der Waals surface area contributed by atoms with Gasteiger partial charge in [-0.15, -0.1) is 0 Å². The van der Waals surface area contributed by atoms with Crippen LogP contribution in [0.5, 0.6) is 5.75 Å². The minimum Gasteiger partial charge on any atom is -0.488 e. The Hall–Kier alpha value is -2.55. The summed E-state index contributed by atoms with van der Waals surface area (Å²) in [6.07, 6.45) is 3.24. The molecule has 0 atom stereocenters. The van der Waals surface area contributed by atoms with Gasteiger partial charge in [0.05, 0.1) is 5.02 Å². The van der Waals surface area contributed by atoms with Gasteiger partial charge >= 0.3 is 0 Å². The Bertz CT molecular complexity index is 929. The monoisotopic (exact) mass is 404 g/mol. The molecule has 0 heterocycles. The fourth-order valence-electron chi connectivity index (χ4n) is 2.38. The van der Waals surface area contributed by atoms with E-state index in [9.17, 15) is 14.4 Å². The van der Waals surface area contributed by atoms with Crippen LogP contribution in [0.3, 0.4) is 0 Å². The summed E-state index contributed by atoms with van der Waals surface area (Å²) in [5.41, 5.74) is 0.603. The fourth-order valence-corrected chi connectivity index (χ4v) is 2.78. The van der Waals surface area contributed by atoms with Crippen molar-refractivity contribution in [3.8, 4) is 11.8 Å². The van der Waals surface area contributed by atoms with E-state index in [0.717, 1.165) is 12.8 Å². The molecule has 0 saturated heterocycles. The number of nitrogens with zero attached hydrogens (tertiary/aromatic N) is 1. The number of benzene rings is 2. The van der Waals surface area contributed by atoms with Gasteiger partial charge in [0.25, 0.3) is 5.91 Å². The summed E-state index contributed by atoms with van der Waals surface area (Å²) in [5.74, 6) is -0.566. The van der Waals surface area contributed by atoms with Gasteiger partial charge in [0.2, 0.25) is 0 Å². The SMILES string of the molecule is N#C/C(=C\c1cc(Cl)ccc1OCc1c(F)cccc1Cl)C(=O)NC1CC1. The van der Waals surface area contributed by atoms with Crippen LogP contribution in [0.2, 0.25) is 10.0 Å². The van der Waals surface area contributed by atoms with Crippen LogP contribution < -0.4 is 10.1 Å². The van der Waals surface area contributed by atoms with Gasteiger partial charge in [-0.05, 0) is 49.2 Å². The average molecular weight is 405 g/mol. The number of carbonyl (C=O) groups is 1. The maximum atomic E-state index is 13.9. The first-order valence-corrected chi connectivity index (χ1v) is 9.01. The number of halogens is 3. The molecule has 27 heavy (non-hydrogen) atoms. The quantitative estimate of drug-likeness (QED) is 0.550. The second-order valence-electron chi connectivity index (χ2n) is 6.09. The first kappa shape index (κ1) is 19.2. The van der Waals surface area contributed by atoms with Crippen LogP contribution in [0, 0.1) is 17.1 Å². The number of hydrogen-bond donors (Lipinski definition) is 1. The largest absolute Gasteiger partial charge is 0.488 e. The Labute approximate surface area is 166 Å². The molecule has 1 amide bonds. The van der Waals surface area contributed by atoms with Crippen molar-refractivity contribution in [2.75, 3.05) is 0 Å². The molecule has 0 aliphatic heterocycles. The Morgan fingerprint density at radius 3 is 2.78 bits per heavy atom. The van der Waals surface area contributed by atoms with Crippen LogP contribution in [-0.4, -0.2) is 11.9 Å². The maximum absolute atomic E-state index is 13.9. The topological polar surface area (TPSA) is 62.1 Å². The van der Waals surface area contributed by atoms with Crippen molar-refractivity contribution in [3.63, 3.8) is 0 Å². The summed E-state index contributed by atoms with van der Waals surface area (Å²) in [6.45, 7) is -0.107. The number of amides is 1. The van der Waals surface area contributed by atoms with Gasteiger partial charge in [0, 0.05) is 22.2 Å². The van der Waals surface area contributed by atoms with Gasteiger partial charge < -0.3 is 10.1 Å². The summed E-state index contributed by atoms with van der Waals surface area (Å²) < 4.78 is 19.6. The highest BCUT2D eigenvalue weighted by Gasteiger charge is 2.25. The third kappa shape index (κ3) is 5.00. The summed E-state index contributed by atoms with van der Waals surface area (Å²) in [5, 5.41) is 12.7. The zero-order chi connectivity index (χ0) is 19.4. The van der Waals surface area contributed by atoms with Crippen LogP contribution in [0.25, 0.3) is 6.08 Å². The molecule has 0 aromatic heterocycles. The molecule has 0 bridgehead atoms. The standard InChI is InChI=1S/C20H15Cl2FN2O2/c21-14-4-7-19(27-11-16-17(22)2-1-3-18(16)23)12(9-14)8-13(10-24)20(26)25-15-5-6-15/h1-4,7-9,15H,5-6,11H2,(H,25,26)/b13-8+. The fraction of sp³-hybridized carbons (Fsp3) is 0.200. The molecule has 0 spiro atoms. The molecule has 0 radical (unpaired) electrons. The molecular formula is C20H15Cl2FN2O2. The van der Waals surface area contributed by atoms with Crippen LogP contribution >= 0.6 is 23.2 Å². The van der Waals surface area contributed by atoms with Crippen LogP contribution in [-0.2, 0) is 11.4 Å². The Balaban J connectivity index is 1.85. The molecule has 2 aromatic rings. The predicted octanol–water partition coefficient (Wildman–Crippen LogP) is 4.90. The molecule has 7 heteroatoms. The van der Waals surface area contributed by atoms with Gasteiger partial charge in [-0.25, -0.2) is 4.39 Å². The summed E-state index contributed by atoms with van der Waals surface area (Å²) in [4.78, 5) is 12.2. The Kier molecular flexibility index (Phi) is 6.00. The Morgan fingerprint density at radius 2 is 2.11 bits per heavy atom.